The van der Waals surface area contributed by atoms with Crippen molar-refractivity contribution in [2.45, 2.75) is 59.2 Å². The zero-order chi connectivity index (χ0) is 22.1. The van der Waals surface area contributed by atoms with E-state index in [-0.39, 0.29) is 36.6 Å². The second kappa shape index (κ2) is 13.1. The number of likely N-dealkylation sites (tertiary alicyclic amines) is 1. The van der Waals surface area contributed by atoms with Gasteiger partial charge in [0, 0.05) is 32.7 Å². The van der Waals surface area contributed by atoms with Gasteiger partial charge in [0.25, 0.3) is 0 Å². The topological polar surface area (TPSA) is 90.5 Å². The van der Waals surface area contributed by atoms with Gasteiger partial charge in [0.05, 0.1) is 12.8 Å². The fourth-order valence-corrected chi connectivity index (χ4v) is 3.47. The van der Waals surface area contributed by atoms with Crippen molar-refractivity contribution in [2.24, 2.45) is 10.9 Å². The highest BCUT2D eigenvalue weighted by Crippen LogP contribution is 2.20. The van der Waals surface area contributed by atoms with E-state index in [9.17, 15) is 9.90 Å². The second-order valence-electron chi connectivity index (χ2n) is 8.68. The van der Waals surface area contributed by atoms with E-state index in [1.807, 2.05) is 34.6 Å². The quantitative estimate of drug-likeness (QED) is 0.305. The summed E-state index contributed by atoms with van der Waals surface area (Å²) in [5.41, 5.74) is -0.481. The summed E-state index contributed by atoms with van der Waals surface area (Å²) in [4.78, 5) is 21.0. The number of nitrogens with one attached hydrogen (secondary N) is 1. The van der Waals surface area contributed by atoms with Crippen LogP contribution >= 0.6 is 24.0 Å². The van der Waals surface area contributed by atoms with E-state index in [1.165, 1.54) is 0 Å². The largest absolute Gasteiger partial charge is 0.467 e. The molecule has 0 saturated carbocycles. The number of hydrogen-bond donors (Lipinski definition) is 2. The predicted octanol–water partition coefficient (Wildman–Crippen LogP) is 3.87. The number of aliphatic hydroxyl groups excluding tert-OH is 1. The summed E-state index contributed by atoms with van der Waals surface area (Å²) in [6.45, 7) is 13.8. The number of carbonyl (C=O) groups excluding carboxylic acids is 1. The van der Waals surface area contributed by atoms with Crippen molar-refractivity contribution in [3.63, 3.8) is 0 Å². The molecular formula is C22H39IN4O4. The third-order valence-corrected chi connectivity index (χ3v) is 5.05. The SMILES string of the molecule is CCNC(=NCC(O)c1ccco1)N1CCC(CN(CC)C(=O)OC(C)(C)C)CC1.I. The molecule has 0 radical (unpaired) electrons. The monoisotopic (exact) mass is 550 g/mol. The van der Waals surface area contributed by atoms with E-state index in [0.29, 0.717) is 24.8 Å². The van der Waals surface area contributed by atoms with Crippen LogP contribution in [0.25, 0.3) is 0 Å². The van der Waals surface area contributed by atoms with Crippen molar-refractivity contribution < 1.29 is 19.1 Å². The number of amides is 1. The highest BCUT2D eigenvalue weighted by atomic mass is 127. The lowest BCUT2D eigenvalue weighted by Gasteiger charge is -2.36. The minimum Gasteiger partial charge on any atom is -0.467 e. The third-order valence-electron chi connectivity index (χ3n) is 5.05. The highest BCUT2D eigenvalue weighted by Gasteiger charge is 2.27. The van der Waals surface area contributed by atoms with Crippen LogP contribution in [0, 0.1) is 5.92 Å². The number of aliphatic imine (C=N–C) groups is 1. The van der Waals surface area contributed by atoms with Gasteiger partial charge in [0.1, 0.15) is 17.5 Å². The molecule has 31 heavy (non-hydrogen) atoms. The normalized spacial score (nSPS) is 16.5. The molecule has 1 aliphatic heterocycles. The van der Waals surface area contributed by atoms with Gasteiger partial charge in [-0.3, -0.25) is 0 Å². The average Bonchev–Trinajstić information content (AvgIpc) is 3.23. The molecular weight excluding hydrogens is 511 g/mol. The van der Waals surface area contributed by atoms with Gasteiger partial charge in [-0.25, -0.2) is 9.79 Å². The zero-order valence-electron chi connectivity index (χ0n) is 19.5. The lowest BCUT2D eigenvalue weighted by Crippen LogP contribution is -2.48. The van der Waals surface area contributed by atoms with E-state index >= 15 is 0 Å². The summed E-state index contributed by atoms with van der Waals surface area (Å²) < 4.78 is 10.8. The Kier molecular flexibility index (Phi) is 11.7. The molecule has 1 fully saturated rings. The van der Waals surface area contributed by atoms with E-state index in [2.05, 4.69) is 15.2 Å². The molecule has 0 spiro atoms. The standard InChI is InChI=1S/C22H38N4O4.HI/c1-6-23-20(24-15-18(27)19-9-8-14-29-19)26-12-10-17(11-13-26)16-25(7-2)21(28)30-22(3,4)5;/h8-9,14,17-18,27H,6-7,10-13,15-16H2,1-5H3,(H,23,24);1H. The number of guanidine groups is 1. The van der Waals surface area contributed by atoms with Gasteiger partial charge in [-0.1, -0.05) is 0 Å². The van der Waals surface area contributed by atoms with Crippen LogP contribution in [0.2, 0.25) is 0 Å². The van der Waals surface area contributed by atoms with Crippen LogP contribution < -0.4 is 5.32 Å². The molecule has 2 N–H and O–H groups in total. The third kappa shape index (κ3) is 9.26. The van der Waals surface area contributed by atoms with Crippen molar-refractivity contribution in [1.29, 1.82) is 0 Å². The summed E-state index contributed by atoms with van der Waals surface area (Å²) in [6, 6.07) is 3.51. The van der Waals surface area contributed by atoms with Crippen molar-refractivity contribution in [1.82, 2.24) is 15.1 Å². The summed E-state index contributed by atoms with van der Waals surface area (Å²) in [5.74, 6) is 1.77. The number of carbonyl (C=O) groups is 1. The van der Waals surface area contributed by atoms with Crippen LogP contribution in [0.1, 0.15) is 59.3 Å². The molecule has 1 aromatic heterocycles. The number of nitrogens with zero attached hydrogens (tertiary/aromatic N) is 3. The molecule has 1 aliphatic rings. The van der Waals surface area contributed by atoms with Crippen LogP contribution in [-0.2, 0) is 4.74 Å². The van der Waals surface area contributed by atoms with Gasteiger partial charge in [0.2, 0.25) is 0 Å². The van der Waals surface area contributed by atoms with Crippen molar-refractivity contribution >= 4 is 36.0 Å². The predicted molar refractivity (Wildman–Crippen MR) is 133 cm³/mol. The molecule has 9 heteroatoms. The van der Waals surface area contributed by atoms with Gasteiger partial charge in [-0.05, 0) is 65.5 Å². The van der Waals surface area contributed by atoms with E-state index in [0.717, 1.165) is 38.4 Å². The Labute approximate surface area is 203 Å². The molecule has 2 heterocycles. The van der Waals surface area contributed by atoms with E-state index in [4.69, 9.17) is 9.15 Å². The number of halogens is 1. The first-order valence-corrected chi connectivity index (χ1v) is 11.0. The van der Waals surface area contributed by atoms with Gasteiger partial charge in [-0.15, -0.1) is 24.0 Å². The summed E-state index contributed by atoms with van der Waals surface area (Å²) >= 11 is 0. The molecule has 0 bridgehead atoms. The van der Waals surface area contributed by atoms with Gasteiger partial charge >= 0.3 is 6.09 Å². The Bertz CT molecular complexity index is 668. The molecule has 178 valence electrons. The number of rotatable bonds is 7. The van der Waals surface area contributed by atoms with Crippen LogP contribution in [0.15, 0.2) is 27.8 Å². The van der Waals surface area contributed by atoms with Gasteiger partial charge in [0.15, 0.2) is 5.96 Å². The lowest BCUT2D eigenvalue weighted by atomic mass is 9.96. The summed E-state index contributed by atoms with van der Waals surface area (Å²) in [6.07, 6.45) is 2.51. The number of ether oxygens (including phenoxy) is 1. The zero-order valence-corrected chi connectivity index (χ0v) is 21.8. The molecule has 1 amide bonds. The minimum absolute atomic E-state index is 0. The van der Waals surface area contributed by atoms with E-state index in [1.54, 1.807) is 23.3 Å². The molecule has 0 aliphatic carbocycles. The number of piperidine rings is 1. The summed E-state index contributed by atoms with van der Waals surface area (Å²) in [7, 11) is 0. The Morgan fingerprint density at radius 1 is 1.39 bits per heavy atom. The van der Waals surface area contributed by atoms with Crippen LogP contribution in [0.3, 0.4) is 0 Å². The van der Waals surface area contributed by atoms with Crippen molar-refractivity contribution in [3.05, 3.63) is 24.2 Å². The molecule has 0 aromatic carbocycles. The molecule has 1 unspecified atom stereocenters. The fourth-order valence-electron chi connectivity index (χ4n) is 3.47. The van der Waals surface area contributed by atoms with Crippen molar-refractivity contribution in [2.75, 3.05) is 39.3 Å². The Morgan fingerprint density at radius 2 is 2.06 bits per heavy atom. The Balaban J connectivity index is 0.00000480. The minimum atomic E-state index is -0.752. The number of hydrogen-bond acceptors (Lipinski definition) is 5. The van der Waals surface area contributed by atoms with E-state index < -0.39 is 11.7 Å². The molecule has 2 rings (SSSR count). The van der Waals surface area contributed by atoms with Crippen LogP contribution in [-0.4, -0.2) is 71.8 Å². The molecule has 1 saturated heterocycles. The number of furan rings is 1. The first kappa shape index (κ1) is 27.5. The summed E-state index contributed by atoms with van der Waals surface area (Å²) in [5, 5.41) is 13.5. The smallest absolute Gasteiger partial charge is 0.410 e. The lowest BCUT2D eigenvalue weighted by molar-refractivity contribution is 0.0214. The Morgan fingerprint density at radius 3 is 2.58 bits per heavy atom. The van der Waals surface area contributed by atoms with Crippen molar-refractivity contribution in [3.8, 4) is 0 Å². The Hall–Kier alpha value is -1.49. The first-order chi connectivity index (χ1) is 14.2. The average molecular weight is 550 g/mol. The maximum absolute atomic E-state index is 12.4. The molecule has 1 aromatic rings. The number of aliphatic hydroxyl groups is 1. The maximum Gasteiger partial charge on any atom is 0.410 e. The second-order valence-corrected chi connectivity index (χ2v) is 8.68. The molecule has 1 atom stereocenters. The molecule has 8 nitrogen and oxygen atoms in total. The van der Waals surface area contributed by atoms with Gasteiger partial charge in [-0.2, -0.15) is 0 Å². The maximum atomic E-state index is 12.4. The van der Waals surface area contributed by atoms with Crippen LogP contribution in [0.4, 0.5) is 4.79 Å². The fraction of sp³-hybridized carbons (Fsp3) is 0.727. The highest BCUT2D eigenvalue weighted by molar-refractivity contribution is 14.0. The first-order valence-electron chi connectivity index (χ1n) is 11.0. The van der Waals surface area contributed by atoms with Crippen LogP contribution in [0.5, 0.6) is 0 Å². The van der Waals surface area contributed by atoms with Gasteiger partial charge < -0.3 is 29.4 Å².